The van der Waals surface area contributed by atoms with Gasteiger partial charge >= 0.3 is 0 Å². The van der Waals surface area contributed by atoms with Gasteiger partial charge in [-0.2, -0.15) is 0 Å². The normalized spacial score (nSPS) is 12.2. The molecule has 0 saturated heterocycles. The van der Waals surface area contributed by atoms with Crippen LogP contribution in [0.1, 0.15) is 11.6 Å². The van der Waals surface area contributed by atoms with E-state index in [-0.39, 0.29) is 12.6 Å². The molecule has 2 aromatic rings. The third-order valence-corrected chi connectivity index (χ3v) is 3.63. The summed E-state index contributed by atoms with van der Waals surface area (Å²) in [5, 5.41) is 14.4. The van der Waals surface area contributed by atoms with Gasteiger partial charge in [-0.3, -0.25) is 0 Å². The van der Waals surface area contributed by atoms with Gasteiger partial charge in [0.2, 0.25) is 0 Å². The molecule has 0 amide bonds. The van der Waals surface area contributed by atoms with Crippen LogP contribution in [-0.2, 0) is 0 Å². The Morgan fingerprint density at radius 2 is 1.74 bits per heavy atom. The molecule has 0 bridgehead atoms. The number of anilines is 1. The minimum Gasteiger partial charge on any atom is -0.394 e. The molecular weight excluding hydrogens is 305 g/mol. The molecule has 5 heteroatoms. The fourth-order valence-corrected chi connectivity index (χ4v) is 2.39. The topological polar surface area (TPSA) is 32.3 Å². The van der Waals surface area contributed by atoms with Gasteiger partial charge in [0, 0.05) is 10.0 Å². The SMILES string of the molecule is OCC(Nc1ccccc1Cl)c1cc(Cl)ccc1Cl. The fourth-order valence-electron chi connectivity index (χ4n) is 1.77. The Labute approximate surface area is 126 Å². The van der Waals surface area contributed by atoms with Crippen LogP contribution in [0.5, 0.6) is 0 Å². The van der Waals surface area contributed by atoms with Crippen molar-refractivity contribution in [2.24, 2.45) is 0 Å². The van der Waals surface area contributed by atoms with Crippen LogP contribution >= 0.6 is 34.8 Å². The molecule has 0 aliphatic heterocycles. The number of nitrogens with one attached hydrogen (secondary N) is 1. The summed E-state index contributed by atoms with van der Waals surface area (Å²) in [4.78, 5) is 0. The molecule has 1 unspecified atom stereocenters. The van der Waals surface area contributed by atoms with E-state index in [4.69, 9.17) is 34.8 Å². The molecule has 0 aliphatic carbocycles. The summed E-state index contributed by atoms with van der Waals surface area (Å²) >= 11 is 18.2. The molecule has 2 rings (SSSR count). The van der Waals surface area contributed by atoms with E-state index >= 15 is 0 Å². The molecule has 0 spiro atoms. The molecule has 19 heavy (non-hydrogen) atoms. The maximum atomic E-state index is 9.54. The number of hydrogen-bond donors (Lipinski definition) is 2. The Morgan fingerprint density at radius 3 is 2.42 bits per heavy atom. The van der Waals surface area contributed by atoms with Gasteiger partial charge in [0.1, 0.15) is 0 Å². The van der Waals surface area contributed by atoms with Crippen molar-refractivity contribution in [3.63, 3.8) is 0 Å². The first-order chi connectivity index (χ1) is 9.11. The summed E-state index contributed by atoms with van der Waals surface area (Å²) in [7, 11) is 0. The number of aliphatic hydroxyl groups is 1. The number of rotatable bonds is 4. The van der Waals surface area contributed by atoms with Crippen LogP contribution in [0.4, 0.5) is 5.69 Å². The minimum absolute atomic E-state index is 0.120. The highest BCUT2D eigenvalue weighted by atomic mass is 35.5. The van der Waals surface area contributed by atoms with Gasteiger partial charge in [0.15, 0.2) is 0 Å². The zero-order chi connectivity index (χ0) is 13.8. The lowest BCUT2D eigenvalue weighted by molar-refractivity contribution is 0.276. The van der Waals surface area contributed by atoms with E-state index in [1.54, 1.807) is 24.3 Å². The number of halogens is 3. The predicted molar refractivity (Wildman–Crippen MR) is 81.4 cm³/mol. The third-order valence-electron chi connectivity index (χ3n) is 2.72. The van der Waals surface area contributed by atoms with Gasteiger partial charge in [-0.05, 0) is 35.9 Å². The predicted octanol–water partition coefficient (Wildman–Crippen LogP) is 4.79. The molecule has 1 atom stereocenters. The van der Waals surface area contributed by atoms with Gasteiger partial charge in [0.05, 0.1) is 23.4 Å². The van der Waals surface area contributed by atoms with Crippen LogP contribution in [0.2, 0.25) is 15.1 Å². The first-order valence-corrected chi connectivity index (χ1v) is 6.82. The van der Waals surface area contributed by atoms with Crippen molar-refractivity contribution in [3.05, 3.63) is 63.1 Å². The summed E-state index contributed by atoms with van der Waals surface area (Å²) in [6, 6.07) is 12.1. The lowest BCUT2D eigenvalue weighted by Crippen LogP contribution is -2.15. The van der Waals surface area contributed by atoms with Crippen molar-refractivity contribution in [1.29, 1.82) is 0 Å². The summed E-state index contributed by atoms with van der Waals surface area (Å²) in [5.74, 6) is 0. The van der Waals surface area contributed by atoms with E-state index < -0.39 is 0 Å². The second kappa shape index (κ2) is 6.49. The first kappa shape index (κ1) is 14.5. The lowest BCUT2D eigenvalue weighted by atomic mass is 10.1. The molecule has 0 fully saturated rings. The van der Waals surface area contributed by atoms with Crippen LogP contribution in [-0.4, -0.2) is 11.7 Å². The second-order valence-corrected chi connectivity index (χ2v) is 5.28. The maximum Gasteiger partial charge on any atom is 0.0760 e. The highest BCUT2D eigenvalue weighted by molar-refractivity contribution is 6.34. The number of benzene rings is 2. The van der Waals surface area contributed by atoms with Crippen LogP contribution in [0.25, 0.3) is 0 Å². The Kier molecular flexibility index (Phi) is 4.94. The van der Waals surface area contributed by atoms with Gasteiger partial charge < -0.3 is 10.4 Å². The average Bonchev–Trinajstić information content (AvgIpc) is 2.41. The molecule has 0 saturated carbocycles. The molecule has 0 aromatic heterocycles. The number of para-hydroxylation sites is 1. The highest BCUT2D eigenvalue weighted by Crippen LogP contribution is 2.30. The molecule has 2 nitrogen and oxygen atoms in total. The largest absolute Gasteiger partial charge is 0.394 e. The Hall–Kier alpha value is -0.930. The fraction of sp³-hybridized carbons (Fsp3) is 0.143. The Balaban J connectivity index is 2.30. The van der Waals surface area contributed by atoms with E-state index in [2.05, 4.69) is 5.32 Å². The molecule has 0 heterocycles. The van der Waals surface area contributed by atoms with Crippen molar-refractivity contribution < 1.29 is 5.11 Å². The summed E-state index contributed by atoms with van der Waals surface area (Å²) in [5.41, 5.74) is 1.47. The van der Waals surface area contributed by atoms with Gasteiger partial charge in [0.25, 0.3) is 0 Å². The quantitative estimate of drug-likeness (QED) is 0.850. The minimum atomic E-state index is -0.369. The summed E-state index contributed by atoms with van der Waals surface area (Å²) in [6.07, 6.45) is 0. The number of hydrogen-bond acceptors (Lipinski definition) is 2. The van der Waals surface area contributed by atoms with Crippen LogP contribution < -0.4 is 5.32 Å². The van der Waals surface area contributed by atoms with Crippen LogP contribution in [0.3, 0.4) is 0 Å². The second-order valence-electron chi connectivity index (χ2n) is 4.03. The van der Waals surface area contributed by atoms with Crippen LogP contribution in [0.15, 0.2) is 42.5 Å². The van der Waals surface area contributed by atoms with Crippen molar-refractivity contribution in [2.75, 3.05) is 11.9 Å². The van der Waals surface area contributed by atoms with Gasteiger partial charge in [-0.25, -0.2) is 0 Å². The van der Waals surface area contributed by atoms with Crippen molar-refractivity contribution in [2.45, 2.75) is 6.04 Å². The smallest absolute Gasteiger partial charge is 0.0760 e. The summed E-state index contributed by atoms with van der Waals surface area (Å²) in [6.45, 7) is -0.120. The van der Waals surface area contributed by atoms with Crippen molar-refractivity contribution in [1.82, 2.24) is 0 Å². The van der Waals surface area contributed by atoms with Gasteiger partial charge in [-0.15, -0.1) is 0 Å². The van der Waals surface area contributed by atoms with E-state index in [9.17, 15) is 5.11 Å². The first-order valence-electron chi connectivity index (χ1n) is 5.68. The van der Waals surface area contributed by atoms with E-state index in [0.29, 0.717) is 15.1 Å². The molecule has 2 N–H and O–H groups in total. The Morgan fingerprint density at radius 1 is 1.00 bits per heavy atom. The molecular formula is C14H12Cl3NO. The maximum absolute atomic E-state index is 9.54. The van der Waals surface area contributed by atoms with Crippen LogP contribution in [0, 0.1) is 0 Å². The number of aliphatic hydroxyl groups excluding tert-OH is 1. The summed E-state index contributed by atoms with van der Waals surface area (Å²) < 4.78 is 0. The van der Waals surface area contributed by atoms with Crippen molar-refractivity contribution >= 4 is 40.5 Å². The van der Waals surface area contributed by atoms with E-state index in [1.165, 1.54) is 0 Å². The lowest BCUT2D eigenvalue weighted by Gasteiger charge is -2.20. The van der Waals surface area contributed by atoms with Gasteiger partial charge in [-0.1, -0.05) is 46.9 Å². The molecule has 0 aliphatic rings. The third kappa shape index (κ3) is 3.54. The molecule has 2 aromatic carbocycles. The zero-order valence-electron chi connectivity index (χ0n) is 9.91. The van der Waals surface area contributed by atoms with Crippen molar-refractivity contribution in [3.8, 4) is 0 Å². The molecule has 100 valence electrons. The molecule has 0 radical (unpaired) electrons. The average molecular weight is 317 g/mol. The van der Waals surface area contributed by atoms with E-state index in [1.807, 2.05) is 18.2 Å². The monoisotopic (exact) mass is 315 g/mol. The Bertz CT molecular complexity index is 574. The van der Waals surface area contributed by atoms with E-state index in [0.717, 1.165) is 11.3 Å². The zero-order valence-corrected chi connectivity index (χ0v) is 12.2. The standard InChI is InChI=1S/C14H12Cl3NO/c15-9-5-6-11(16)10(7-9)14(8-19)18-13-4-2-1-3-12(13)17/h1-7,14,18-19H,8H2. The highest BCUT2D eigenvalue weighted by Gasteiger charge is 2.15.